The Labute approximate surface area is 241 Å². The van der Waals surface area contributed by atoms with Crippen LogP contribution in [0.2, 0.25) is 0 Å². The number of nitrogens with zero attached hydrogens (tertiary/aromatic N) is 3. The molecular formula is C25H28BrN3O12. The van der Waals surface area contributed by atoms with Gasteiger partial charge in [-0.3, -0.25) is 28.5 Å². The van der Waals surface area contributed by atoms with Crippen molar-refractivity contribution in [2.75, 3.05) is 13.7 Å². The third-order valence-electron chi connectivity index (χ3n) is 5.75. The number of halogens is 1. The molecule has 3 rings (SSSR count). The molecule has 0 saturated carbocycles. The highest BCUT2D eigenvalue weighted by atomic mass is 79.9. The zero-order valence-corrected chi connectivity index (χ0v) is 24.3. The Bertz CT molecular complexity index is 1440. The van der Waals surface area contributed by atoms with E-state index in [4.69, 9.17) is 28.4 Å². The van der Waals surface area contributed by atoms with Gasteiger partial charge in [0.05, 0.1) is 18.1 Å². The van der Waals surface area contributed by atoms with Crippen LogP contribution in [-0.4, -0.2) is 76.4 Å². The predicted octanol–water partition coefficient (Wildman–Crippen LogP) is 0.480. The molecule has 1 aromatic heterocycles. The van der Waals surface area contributed by atoms with Gasteiger partial charge in [0.2, 0.25) is 0 Å². The second kappa shape index (κ2) is 13.5. The zero-order chi connectivity index (χ0) is 30.4. The summed E-state index contributed by atoms with van der Waals surface area (Å²) in [6.07, 6.45) is -6.59. The summed E-state index contributed by atoms with van der Waals surface area (Å²) in [5, 5.41) is 3.90. The fourth-order valence-corrected chi connectivity index (χ4v) is 4.75. The molecule has 0 amide bonds. The number of aromatic nitrogens is 3. The molecule has 0 radical (unpaired) electrons. The van der Waals surface area contributed by atoms with Crippen LogP contribution in [0.1, 0.15) is 39.5 Å². The number of carbonyl (C=O) groups is 4. The number of ether oxygens (including phenoxy) is 6. The van der Waals surface area contributed by atoms with Crippen molar-refractivity contribution in [2.45, 2.75) is 64.9 Å². The van der Waals surface area contributed by atoms with Crippen molar-refractivity contribution in [3.8, 4) is 5.75 Å². The highest BCUT2D eigenvalue weighted by Gasteiger charge is 2.53. The van der Waals surface area contributed by atoms with Gasteiger partial charge in [0.1, 0.15) is 24.7 Å². The van der Waals surface area contributed by atoms with E-state index in [0.717, 1.165) is 43.1 Å². The lowest BCUT2D eigenvalue weighted by Crippen LogP contribution is -2.62. The van der Waals surface area contributed by atoms with Gasteiger partial charge in [-0.05, 0) is 33.6 Å². The first-order valence-electron chi connectivity index (χ1n) is 12.1. The van der Waals surface area contributed by atoms with Crippen molar-refractivity contribution in [1.82, 2.24) is 14.3 Å². The topological polar surface area (TPSA) is 181 Å². The first-order chi connectivity index (χ1) is 19.3. The second-order valence-electron chi connectivity index (χ2n) is 8.85. The molecular weight excluding hydrogens is 614 g/mol. The molecule has 0 aliphatic carbocycles. The largest absolute Gasteiger partial charge is 0.496 e. The van der Waals surface area contributed by atoms with Crippen molar-refractivity contribution in [3.63, 3.8) is 0 Å². The normalized spacial score (nSPS) is 21.9. The Balaban J connectivity index is 2.14. The number of rotatable bonds is 9. The number of esters is 4. The smallest absolute Gasteiger partial charge is 0.350 e. The minimum Gasteiger partial charge on any atom is -0.496 e. The van der Waals surface area contributed by atoms with E-state index in [9.17, 15) is 28.8 Å². The van der Waals surface area contributed by atoms with Gasteiger partial charge in [0.25, 0.3) is 5.56 Å². The van der Waals surface area contributed by atoms with Crippen molar-refractivity contribution in [1.29, 1.82) is 0 Å². The molecule has 1 saturated heterocycles. The minimum atomic E-state index is -1.61. The van der Waals surface area contributed by atoms with Crippen molar-refractivity contribution in [3.05, 3.63) is 55.3 Å². The Kier molecular flexibility index (Phi) is 10.4. The number of hydrogen-bond acceptors (Lipinski definition) is 13. The molecule has 1 aromatic carbocycles. The van der Waals surface area contributed by atoms with E-state index >= 15 is 0 Å². The molecule has 16 heteroatoms. The summed E-state index contributed by atoms with van der Waals surface area (Å²) in [4.78, 5) is 74.0. The molecule has 0 unspecified atom stereocenters. The standard InChI is InChI=1S/C25H28BrN3O12/c1-12(30)37-11-19-21(38-13(2)31)22(39-14(3)32)23(40-15(4)33)24(41-19)29-25(35)28(20(34)9-27-29)10-16-6-7-18(36-5)17(26)8-16/h6-9,19,21-24H,10-11H2,1-5H3/t19-,21-,22+,23-,24-/m1/s1. The number of benzene rings is 1. The van der Waals surface area contributed by atoms with Crippen LogP contribution in [-0.2, 0) is 49.4 Å². The maximum Gasteiger partial charge on any atom is 0.350 e. The fourth-order valence-electron chi connectivity index (χ4n) is 4.16. The molecule has 1 aliphatic heterocycles. The maximum atomic E-state index is 13.6. The van der Waals surface area contributed by atoms with Crippen LogP contribution in [0.5, 0.6) is 5.75 Å². The van der Waals surface area contributed by atoms with Crippen LogP contribution in [0.25, 0.3) is 0 Å². The highest BCUT2D eigenvalue weighted by Crippen LogP contribution is 2.33. The van der Waals surface area contributed by atoms with Crippen molar-refractivity contribution >= 4 is 39.8 Å². The molecule has 0 N–H and O–H groups in total. The lowest BCUT2D eigenvalue weighted by atomic mass is 9.97. The van der Waals surface area contributed by atoms with Crippen molar-refractivity contribution < 1.29 is 47.6 Å². The summed E-state index contributed by atoms with van der Waals surface area (Å²) >= 11 is 3.36. The van der Waals surface area contributed by atoms with Crippen LogP contribution in [0.3, 0.4) is 0 Å². The SMILES string of the molecule is COc1ccc(Cn2c(=O)cnn([C@@H]3O[C@H](COC(C)=O)[C@@H](OC(C)=O)[C@H](OC(C)=O)[C@H]3OC(C)=O)c2=O)cc1Br. The average molecular weight is 642 g/mol. The van der Waals surface area contributed by atoms with E-state index in [0.29, 0.717) is 15.8 Å². The van der Waals surface area contributed by atoms with Crippen LogP contribution in [0.4, 0.5) is 0 Å². The van der Waals surface area contributed by atoms with Gasteiger partial charge in [-0.1, -0.05) is 6.07 Å². The molecule has 0 spiro atoms. The first-order valence-corrected chi connectivity index (χ1v) is 12.9. The second-order valence-corrected chi connectivity index (χ2v) is 9.71. The summed E-state index contributed by atoms with van der Waals surface area (Å²) in [7, 11) is 1.49. The number of methoxy groups -OCH3 is 1. The zero-order valence-electron chi connectivity index (χ0n) is 22.7. The van der Waals surface area contributed by atoms with Gasteiger partial charge in [0.15, 0.2) is 24.5 Å². The van der Waals surface area contributed by atoms with Gasteiger partial charge in [-0.15, -0.1) is 0 Å². The summed E-state index contributed by atoms with van der Waals surface area (Å²) < 4.78 is 34.5. The summed E-state index contributed by atoms with van der Waals surface area (Å²) in [6, 6.07) is 4.95. The monoisotopic (exact) mass is 641 g/mol. The Morgan fingerprint density at radius 1 is 0.927 bits per heavy atom. The molecule has 1 aliphatic rings. The van der Waals surface area contributed by atoms with E-state index in [2.05, 4.69) is 21.0 Å². The van der Waals surface area contributed by atoms with Crippen molar-refractivity contribution in [2.24, 2.45) is 0 Å². The maximum absolute atomic E-state index is 13.6. The van der Waals surface area contributed by atoms with E-state index in [1.54, 1.807) is 18.2 Å². The van der Waals surface area contributed by atoms with E-state index < -0.39 is 72.4 Å². The van der Waals surface area contributed by atoms with Crippen LogP contribution < -0.4 is 16.0 Å². The fraction of sp³-hybridized carbons (Fsp3) is 0.480. The summed E-state index contributed by atoms with van der Waals surface area (Å²) in [5.74, 6) is -2.67. The molecule has 41 heavy (non-hydrogen) atoms. The lowest BCUT2D eigenvalue weighted by molar-refractivity contribution is -0.271. The highest BCUT2D eigenvalue weighted by molar-refractivity contribution is 9.10. The minimum absolute atomic E-state index is 0.186. The third-order valence-corrected chi connectivity index (χ3v) is 6.37. The summed E-state index contributed by atoms with van der Waals surface area (Å²) in [6.45, 7) is 3.66. The molecule has 1 fully saturated rings. The molecule has 15 nitrogen and oxygen atoms in total. The quantitative estimate of drug-likeness (QED) is 0.273. The average Bonchev–Trinajstić information content (AvgIpc) is 2.87. The lowest BCUT2D eigenvalue weighted by Gasteiger charge is -2.44. The molecule has 5 atom stereocenters. The Morgan fingerprint density at radius 3 is 2.10 bits per heavy atom. The van der Waals surface area contributed by atoms with Gasteiger partial charge in [-0.2, -0.15) is 9.78 Å². The number of carbonyl (C=O) groups excluding carboxylic acids is 4. The third kappa shape index (κ3) is 7.79. The van der Waals surface area contributed by atoms with E-state index in [-0.39, 0.29) is 6.54 Å². The Morgan fingerprint density at radius 2 is 1.54 bits per heavy atom. The van der Waals surface area contributed by atoms with Gasteiger partial charge < -0.3 is 28.4 Å². The van der Waals surface area contributed by atoms with E-state index in [1.807, 2.05) is 0 Å². The number of hydrogen-bond donors (Lipinski definition) is 0. The molecule has 0 bridgehead atoms. The van der Waals surface area contributed by atoms with Gasteiger partial charge in [-0.25, -0.2) is 4.79 Å². The Hall–Kier alpha value is -4.05. The van der Waals surface area contributed by atoms with Crippen LogP contribution in [0.15, 0.2) is 38.5 Å². The predicted molar refractivity (Wildman–Crippen MR) is 140 cm³/mol. The molecule has 2 heterocycles. The molecule has 222 valence electrons. The van der Waals surface area contributed by atoms with Gasteiger partial charge in [0, 0.05) is 27.7 Å². The first kappa shape index (κ1) is 31.5. The summed E-state index contributed by atoms with van der Waals surface area (Å²) in [5.41, 5.74) is -1.16. The van der Waals surface area contributed by atoms with E-state index in [1.165, 1.54) is 7.11 Å². The molecule has 2 aromatic rings. The van der Waals surface area contributed by atoms with Crippen LogP contribution in [0, 0.1) is 0 Å². The van der Waals surface area contributed by atoms with Crippen LogP contribution >= 0.6 is 15.9 Å². The van der Waals surface area contributed by atoms with Gasteiger partial charge >= 0.3 is 29.6 Å².